The molecule has 0 spiro atoms. The Balaban J connectivity index is 1.51. The van der Waals surface area contributed by atoms with Gasteiger partial charge in [-0.1, -0.05) is 62.6 Å². The van der Waals surface area contributed by atoms with Gasteiger partial charge in [-0.3, -0.25) is 9.59 Å². The number of amides is 2. The van der Waals surface area contributed by atoms with Crippen molar-refractivity contribution in [3.63, 3.8) is 0 Å². The van der Waals surface area contributed by atoms with E-state index in [1.807, 2.05) is 42.5 Å². The Kier molecular flexibility index (Phi) is 8.87. The van der Waals surface area contributed by atoms with Gasteiger partial charge in [0.15, 0.2) is 0 Å². The first-order valence-electron chi connectivity index (χ1n) is 11.1. The maximum atomic E-state index is 12.6. The molecular formula is C27H30N2O3. The van der Waals surface area contributed by atoms with Crippen LogP contribution in [0, 0.1) is 0 Å². The maximum Gasteiger partial charge on any atom is 0.255 e. The highest BCUT2D eigenvalue weighted by molar-refractivity contribution is 6.04. The molecule has 2 amide bonds. The molecule has 5 nitrogen and oxygen atoms in total. The van der Waals surface area contributed by atoms with Crippen LogP contribution in [0.2, 0.25) is 0 Å². The number of nitrogens with one attached hydrogen (secondary N) is 2. The second-order valence-corrected chi connectivity index (χ2v) is 7.68. The summed E-state index contributed by atoms with van der Waals surface area (Å²) < 4.78 is 5.73. The first kappa shape index (κ1) is 23.1. The van der Waals surface area contributed by atoms with Crippen LogP contribution in [0.4, 0.5) is 11.4 Å². The average Bonchev–Trinajstić information content (AvgIpc) is 2.80. The van der Waals surface area contributed by atoms with E-state index in [4.69, 9.17) is 4.74 Å². The monoisotopic (exact) mass is 430 g/mol. The molecule has 0 aliphatic rings. The van der Waals surface area contributed by atoms with Gasteiger partial charge in [0.2, 0.25) is 5.91 Å². The van der Waals surface area contributed by atoms with E-state index in [1.54, 1.807) is 36.4 Å². The molecule has 0 saturated carbocycles. The average molecular weight is 431 g/mol. The van der Waals surface area contributed by atoms with Gasteiger partial charge in [0.25, 0.3) is 5.91 Å². The molecule has 0 fully saturated rings. The lowest BCUT2D eigenvalue weighted by atomic mass is 10.1. The highest BCUT2D eigenvalue weighted by Gasteiger charge is 2.08. The number of rotatable bonds is 11. The largest absolute Gasteiger partial charge is 0.494 e. The van der Waals surface area contributed by atoms with Gasteiger partial charge in [-0.05, 0) is 54.4 Å². The summed E-state index contributed by atoms with van der Waals surface area (Å²) in [6, 6.07) is 23.8. The minimum atomic E-state index is -0.216. The summed E-state index contributed by atoms with van der Waals surface area (Å²) in [7, 11) is 0. The van der Waals surface area contributed by atoms with Crippen LogP contribution >= 0.6 is 0 Å². The summed E-state index contributed by atoms with van der Waals surface area (Å²) in [5.74, 6) is 0.443. The van der Waals surface area contributed by atoms with Crippen LogP contribution in [-0.4, -0.2) is 18.4 Å². The predicted molar refractivity (Wildman–Crippen MR) is 129 cm³/mol. The van der Waals surface area contributed by atoms with E-state index < -0.39 is 0 Å². The van der Waals surface area contributed by atoms with Crippen molar-refractivity contribution in [1.29, 1.82) is 0 Å². The maximum absolute atomic E-state index is 12.6. The van der Waals surface area contributed by atoms with E-state index in [9.17, 15) is 9.59 Å². The van der Waals surface area contributed by atoms with Crippen molar-refractivity contribution in [2.75, 3.05) is 17.2 Å². The highest BCUT2D eigenvalue weighted by atomic mass is 16.5. The molecule has 0 saturated heterocycles. The van der Waals surface area contributed by atoms with Gasteiger partial charge in [0.05, 0.1) is 13.0 Å². The number of carbonyl (C=O) groups excluding carboxylic acids is 2. The van der Waals surface area contributed by atoms with Crippen LogP contribution in [-0.2, 0) is 11.2 Å². The van der Waals surface area contributed by atoms with Gasteiger partial charge < -0.3 is 15.4 Å². The summed E-state index contributed by atoms with van der Waals surface area (Å²) in [6.07, 6.45) is 4.93. The zero-order valence-corrected chi connectivity index (χ0v) is 18.5. The van der Waals surface area contributed by atoms with E-state index in [0.717, 1.165) is 17.7 Å². The fourth-order valence-electron chi connectivity index (χ4n) is 3.29. The molecule has 5 heteroatoms. The number of hydrogen-bond acceptors (Lipinski definition) is 3. The smallest absolute Gasteiger partial charge is 0.255 e. The van der Waals surface area contributed by atoms with Crippen molar-refractivity contribution in [2.24, 2.45) is 0 Å². The summed E-state index contributed by atoms with van der Waals surface area (Å²) in [5, 5.41) is 5.75. The molecule has 2 N–H and O–H groups in total. The molecule has 0 aliphatic heterocycles. The summed E-state index contributed by atoms with van der Waals surface area (Å²) in [5.41, 5.74) is 2.74. The van der Waals surface area contributed by atoms with Crippen LogP contribution in [0.25, 0.3) is 0 Å². The highest BCUT2D eigenvalue weighted by Crippen LogP contribution is 2.18. The van der Waals surface area contributed by atoms with Crippen LogP contribution in [0.3, 0.4) is 0 Å². The third kappa shape index (κ3) is 7.58. The number of anilines is 2. The van der Waals surface area contributed by atoms with Crippen molar-refractivity contribution in [1.82, 2.24) is 0 Å². The first-order chi connectivity index (χ1) is 15.6. The predicted octanol–water partition coefficient (Wildman–Crippen LogP) is 6.08. The Labute approximate surface area is 189 Å². The number of ether oxygens (including phenoxy) is 1. The molecule has 3 aromatic rings. The molecule has 0 bridgehead atoms. The Hall–Kier alpha value is -3.60. The standard InChI is InChI=1S/C27H30N2O3/c1-2-3-4-8-18-32-25-16-14-22(15-17-25)27(31)29-24-13-9-12-23(20-24)28-26(30)19-21-10-6-5-7-11-21/h5-7,9-17,20H,2-4,8,18-19H2,1H3,(H,28,30)(H,29,31). The van der Waals surface area contributed by atoms with Crippen LogP contribution in [0.1, 0.15) is 48.5 Å². The Morgan fingerprint density at radius 3 is 2.22 bits per heavy atom. The van der Waals surface area contributed by atoms with Gasteiger partial charge in [-0.2, -0.15) is 0 Å². The van der Waals surface area contributed by atoms with Crippen molar-refractivity contribution >= 4 is 23.2 Å². The molecule has 0 aromatic heterocycles. The molecule has 0 unspecified atom stereocenters. The van der Waals surface area contributed by atoms with E-state index in [1.165, 1.54) is 19.3 Å². The van der Waals surface area contributed by atoms with Crippen molar-refractivity contribution in [3.8, 4) is 5.75 Å². The Morgan fingerprint density at radius 2 is 1.50 bits per heavy atom. The number of carbonyl (C=O) groups is 2. The van der Waals surface area contributed by atoms with E-state index >= 15 is 0 Å². The van der Waals surface area contributed by atoms with Crippen LogP contribution in [0.5, 0.6) is 5.75 Å². The van der Waals surface area contributed by atoms with Gasteiger partial charge in [-0.15, -0.1) is 0 Å². The fourth-order valence-corrected chi connectivity index (χ4v) is 3.29. The summed E-state index contributed by atoms with van der Waals surface area (Å²) >= 11 is 0. The third-order valence-corrected chi connectivity index (χ3v) is 4.99. The normalized spacial score (nSPS) is 10.4. The second-order valence-electron chi connectivity index (χ2n) is 7.68. The molecule has 0 heterocycles. The van der Waals surface area contributed by atoms with Crippen LogP contribution < -0.4 is 15.4 Å². The first-order valence-corrected chi connectivity index (χ1v) is 11.1. The molecule has 166 valence electrons. The lowest BCUT2D eigenvalue weighted by Gasteiger charge is -2.10. The SMILES string of the molecule is CCCCCCOc1ccc(C(=O)Nc2cccc(NC(=O)Cc3ccccc3)c2)cc1. The minimum absolute atomic E-state index is 0.107. The Bertz CT molecular complexity index is 1000. The van der Waals surface area contributed by atoms with Crippen molar-refractivity contribution in [2.45, 2.75) is 39.0 Å². The van der Waals surface area contributed by atoms with E-state index in [0.29, 0.717) is 30.0 Å². The number of benzene rings is 3. The lowest BCUT2D eigenvalue weighted by molar-refractivity contribution is -0.115. The zero-order valence-electron chi connectivity index (χ0n) is 18.5. The zero-order chi connectivity index (χ0) is 22.6. The molecule has 3 rings (SSSR count). The van der Waals surface area contributed by atoms with Crippen molar-refractivity contribution < 1.29 is 14.3 Å². The lowest BCUT2D eigenvalue weighted by Crippen LogP contribution is -2.15. The fraction of sp³-hybridized carbons (Fsp3) is 0.259. The topological polar surface area (TPSA) is 67.4 Å². The van der Waals surface area contributed by atoms with Gasteiger partial charge in [0.1, 0.15) is 5.75 Å². The van der Waals surface area contributed by atoms with Gasteiger partial charge in [0, 0.05) is 16.9 Å². The Morgan fingerprint density at radius 1 is 0.781 bits per heavy atom. The third-order valence-electron chi connectivity index (χ3n) is 4.99. The number of unbranched alkanes of at least 4 members (excludes halogenated alkanes) is 3. The summed E-state index contributed by atoms with van der Waals surface area (Å²) in [4.78, 5) is 24.9. The quantitative estimate of drug-likeness (QED) is 0.362. The number of hydrogen-bond donors (Lipinski definition) is 2. The summed E-state index contributed by atoms with van der Waals surface area (Å²) in [6.45, 7) is 2.87. The van der Waals surface area contributed by atoms with Crippen molar-refractivity contribution in [3.05, 3.63) is 90.0 Å². The molecule has 32 heavy (non-hydrogen) atoms. The molecule has 0 radical (unpaired) electrons. The molecule has 0 atom stereocenters. The van der Waals surface area contributed by atoms with E-state index in [-0.39, 0.29) is 11.8 Å². The van der Waals surface area contributed by atoms with Crippen LogP contribution in [0.15, 0.2) is 78.9 Å². The molecule has 3 aromatic carbocycles. The van der Waals surface area contributed by atoms with E-state index in [2.05, 4.69) is 17.6 Å². The minimum Gasteiger partial charge on any atom is -0.494 e. The molecular weight excluding hydrogens is 400 g/mol. The molecule has 0 aliphatic carbocycles. The van der Waals surface area contributed by atoms with Gasteiger partial charge in [-0.25, -0.2) is 0 Å². The van der Waals surface area contributed by atoms with Gasteiger partial charge >= 0.3 is 0 Å². The second kappa shape index (κ2) is 12.3.